The number of halogens is 3. The fourth-order valence-electron chi connectivity index (χ4n) is 1.50. The van der Waals surface area contributed by atoms with Crippen molar-refractivity contribution in [2.24, 2.45) is 5.73 Å². The third kappa shape index (κ3) is 3.12. The molecular formula is C12H8Cl2FN3S. The number of benzene rings is 1. The van der Waals surface area contributed by atoms with E-state index >= 15 is 0 Å². The molecular weight excluding hydrogens is 308 g/mol. The van der Waals surface area contributed by atoms with Crippen LogP contribution in [-0.4, -0.2) is 9.97 Å². The quantitative estimate of drug-likeness (QED) is 0.843. The number of pyridine rings is 1. The van der Waals surface area contributed by atoms with Crippen molar-refractivity contribution < 1.29 is 4.39 Å². The molecule has 0 aliphatic rings. The van der Waals surface area contributed by atoms with Crippen molar-refractivity contribution in [2.75, 3.05) is 5.32 Å². The molecule has 0 bridgehead atoms. The largest absolute Gasteiger partial charge is 0.388 e. The SMILES string of the molecule is NC(=S)c1ncccc1Nc1c(Cl)cc(F)cc1Cl. The van der Waals surface area contributed by atoms with Crippen molar-refractivity contribution in [3.63, 3.8) is 0 Å². The molecule has 0 saturated carbocycles. The Bertz CT molecular complexity index is 626. The smallest absolute Gasteiger partial charge is 0.126 e. The predicted octanol–water partition coefficient (Wildman–Crippen LogP) is 3.91. The van der Waals surface area contributed by atoms with Crippen molar-refractivity contribution in [3.05, 3.63) is 52.0 Å². The van der Waals surface area contributed by atoms with Crippen molar-refractivity contribution in [2.45, 2.75) is 0 Å². The van der Waals surface area contributed by atoms with Gasteiger partial charge in [-0.1, -0.05) is 35.4 Å². The standard InChI is InChI=1S/C12H8Cl2FN3S/c13-7-4-6(15)5-8(14)10(7)18-9-2-1-3-17-11(9)12(16)19/h1-5,18H,(H2,16,19). The van der Waals surface area contributed by atoms with E-state index in [-0.39, 0.29) is 15.0 Å². The number of thiocarbonyl (C=S) groups is 1. The molecule has 0 amide bonds. The minimum atomic E-state index is -0.513. The van der Waals surface area contributed by atoms with Crippen LogP contribution in [0.1, 0.15) is 5.69 Å². The second-order valence-corrected chi connectivity index (χ2v) is 4.89. The van der Waals surface area contributed by atoms with Crippen LogP contribution in [0.15, 0.2) is 30.5 Å². The van der Waals surface area contributed by atoms with Gasteiger partial charge in [-0.2, -0.15) is 0 Å². The Morgan fingerprint density at radius 2 is 1.95 bits per heavy atom. The zero-order valence-corrected chi connectivity index (χ0v) is 11.8. The maximum atomic E-state index is 13.1. The summed E-state index contributed by atoms with van der Waals surface area (Å²) in [6.45, 7) is 0. The van der Waals surface area contributed by atoms with Gasteiger partial charge in [-0.05, 0) is 24.3 Å². The molecule has 2 rings (SSSR count). The van der Waals surface area contributed by atoms with E-state index < -0.39 is 5.82 Å². The van der Waals surface area contributed by atoms with E-state index in [1.54, 1.807) is 18.3 Å². The molecule has 0 aliphatic carbocycles. The first-order chi connectivity index (χ1) is 8.99. The van der Waals surface area contributed by atoms with Gasteiger partial charge in [-0.25, -0.2) is 4.39 Å². The Kier molecular flexibility index (Phi) is 4.19. The first kappa shape index (κ1) is 14.0. The molecule has 1 heterocycles. The molecule has 7 heteroatoms. The molecule has 1 aromatic carbocycles. The minimum absolute atomic E-state index is 0.137. The number of hydrogen-bond acceptors (Lipinski definition) is 3. The number of anilines is 2. The Hall–Kier alpha value is -1.43. The summed E-state index contributed by atoms with van der Waals surface area (Å²) in [4.78, 5) is 4.20. The molecule has 3 N–H and O–H groups in total. The van der Waals surface area contributed by atoms with Crippen molar-refractivity contribution in [1.82, 2.24) is 4.98 Å². The summed E-state index contributed by atoms with van der Waals surface area (Å²) in [6.07, 6.45) is 1.56. The highest BCUT2D eigenvalue weighted by Crippen LogP contribution is 2.34. The van der Waals surface area contributed by atoms with Crippen molar-refractivity contribution in [3.8, 4) is 0 Å². The van der Waals surface area contributed by atoms with Crippen molar-refractivity contribution in [1.29, 1.82) is 0 Å². The van der Waals surface area contributed by atoms with Gasteiger partial charge in [0.25, 0.3) is 0 Å². The van der Waals surface area contributed by atoms with Gasteiger partial charge in [-0.3, -0.25) is 4.98 Å². The summed E-state index contributed by atoms with van der Waals surface area (Å²) in [5, 5.41) is 3.27. The summed E-state index contributed by atoms with van der Waals surface area (Å²) in [6, 6.07) is 5.74. The molecule has 19 heavy (non-hydrogen) atoms. The van der Waals surface area contributed by atoms with Gasteiger partial charge in [0.2, 0.25) is 0 Å². The fraction of sp³-hybridized carbons (Fsp3) is 0. The van der Waals surface area contributed by atoms with Gasteiger partial charge < -0.3 is 11.1 Å². The molecule has 0 fully saturated rings. The van der Waals surface area contributed by atoms with Crippen molar-refractivity contribution >= 4 is 51.8 Å². The summed E-state index contributed by atoms with van der Waals surface area (Å²) in [5.41, 5.74) is 6.90. The molecule has 0 saturated heterocycles. The average Bonchev–Trinajstić information content (AvgIpc) is 2.34. The van der Waals surface area contributed by atoms with Crippen LogP contribution in [0.2, 0.25) is 10.0 Å². The molecule has 1 aromatic heterocycles. The number of aromatic nitrogens is 1. The van der Waals surface area contributed by atoms with Gasteiger partial charge in [-0.15, -0.1) is 0 Å². The Morgan fingerprint density at radius 1 is 1.32 bits per heavy atom. The zero-order valence-electron chi connectivity index (χ0n) is 9.45. The summed E-state index contributed by atoms with van der Waals surface area (Å²) >= 11 is 16.8. The molecule has 0 atom stereocenters. The molecule has 0 unspecified atom stereocenters. The number of nitrogens with zero attached hydrogens (tertiary/aromatic N) is 1. The third-order valence-electron chi connectivity index (χ3n) is 2.31. The maximum Gasteiger partial charge on any atom is 0.126 e. The van der Waals surface area contributed by atoms with Gasteiger partial charge >= 0.3 is 0 Å². The van der Waals surface area contributed by atoms with Gasteiger partial charge in [0.05, 0.1) is 21.4 Å². The third-order valence-corrected chi connectivity index (χ3v) is 3.10. The second-order valence-electron chi connectivity index (χ2n) is 3.63. The van der Waals surface area contributed by atoms with Crippen LogP contribution in [0, 0.1) is 5.82 Å². The first-order valence-electron chi connectivity index (χ1n) is 5.15. The molecule has 0 spiro atoms. The lowest BCUT2D eigenvalue weighted by molar-refractivity contribution is 0.628. The number of hydrogen-bond donors (Lipinski definition) is 2. The molecule has 0 aliphatic heterocycles. The van der Waals surface area contributed by atoms with Crippen LogP contribution < -0.4 is 11.1 Å². The van der Waals surface area contributed by atoms with Crippen LogP contribution in [0.5, 0.6) is 0 Å². The topological polar surface area (TPSA) is 50.9 Å². The van der Waals surface area contributed by atoms with Crippen LogP contribution in [-0.2, 0) is 0 Å². The first-order valence-corrected chi connectivity index (χ1v) is 6.32. The maximum absolute atomic E-state index is 13.1. The number of rotatable bonds is 3. The highest BCUT2D eigenvalue weighted by molar-refractivity contribution is 7.80. The average molecular weight is 316 g/mol. The molecule has 2 aromatic rings. The van der Waals surface area contributed by atoms with Crippen LogP contribution in [0.4, 0.5) is 15.8 Å². The second kappa shape index (κ2) is 5.69. The molecule has 98 valence electrons. The lowest BCUT2D eigenvalue weighted by atomic mass is 10.2. The normalized spacial score (nSPS) is 10.3. The van der Waals surface area contributed by atoms with E-state index in [0.717, 1.165) is 12.1 Å². The summed E-state index contributed by atoms with van der Waals surface area (Å²) in [5.74, 6) is -0.513. The van der Waals surface area contributed by atoms with E-state index in [0.29, 0.717) is 17.1 Å². The highest BCUT2D eigenvalue weighted by Gasteiger charge is 2.12. The fourth-order valence-corrected chi connectivity index (χ4v) is 2.22. The monoisotopic (exact) mass is 315 g/mol. The molecule has 0 radical (unpaired) electrons. The lowest BCUT2D eigenvalue weighted by Gasteiger charge is -2.13. The van der Waals surface area contributed by atoms with Crippen LogP contribution in [0.3, 0.4) is 0 Å². The zero-order chi connectivity index (χ0) is 14.0. The Labute approximate surface area is 124 Å². The Morgan fingerprint density at radius 3 is 2.53 bits per heavy atom. The number of nitrogens with two attached hydrogens (primary N) is 1. The van der Waals surface area contributed by atoms with E-state index in [1.165, 1.54) is 0 Å². The number of nitrogens with one attached hydrogen (secondary N) is 1. The summed E-state index contributed by atoms with van der Waals surface area (Å²) in [7, 11) is 0. The Balaban J connectivity index is 2.45. The van der Waals surface area contributed by atoms with E-state index in [1.807, 2.05) is 0 Å². The van der Waals surface area contributed by atoms with Crippen LogP contribution >= 0.6 is 35.4 Å². The predicted molar refractivity (Wildman–Crippen MR) is 79.8 cm³/mol. The van der Waals surface area contributed by atoms with Crippen LogP contribution in [0.25, 0.3) is 0 Å². The van der Waals surface area contributed by atoms with E-state index in [4.69, 9.17) is 41.2 Å². The van der Waals surface area contributed by atoms with E-state index in [9.17, 15) is 4.39 Å². The lowest BCUT2D eigenvalue weighted by Crippen LogP contribution is -2.14. The highest BCUT2D eigenvalue weighted by atomic mass is 35.5. The van der Waals surface area contributed by atoms with Gasteiger partial charge in [0.15, 0.2) is 0 Å². The summed E-state index contributed by atoms with van der Waals surface area (Å²) < 4.78 is 13.1. The van der Waals surface area contributed by atoms with Gasteiger partial charge in [0, 0.05) is 6.20 Å². The van der Waals surface area contributed by atoms with Gasteiger partial charge in [0.1, 0.15) is 16.5 Å². The molecule has 3 nitrogen and oxygen atoms in total. The minimum Gasteiger partial charge on any atom is -0.388 e. The van der Waals surface area contributed by atoms with E-state index in [2.05, 4.69) is 10.3 Å².